The molecule has 0 atom stereocenters. The van der Waals surface area contributed by atoms with Gasteiger partial charge in [-0.25, -0.2) is 4.79 Å². The van der Waals surface area contributed by atoms with Crippen LogP contribution in [0.2, 0.25) is 0 Å². The van der Waals surface area contributed by atoms with Gasteiger partial charge in [0.2, 0.25) is 0 Å². The Morgan fingerprint density at radius 1 is 1.00 bits per heavy atom. The first-order chi connectivity index (χ1) is 8.83. The van der Waals surface area contributed by atoms with E-state index in [1.54, 1.807) is 0 Å². The molecule has 0 unspecified atom stereocenters. The lowest BCUT2D eigenvalue weighted by atomic mass is 10.1. The average molecular weight is 240 g/mol. The van der Waals surface area contributed by atoms with Gasteiger partial charge in [0, 0.05) is 0 Å². The minimum atomic E-state index is -0.187. The zero-order valence-electron chi connectivity index (χ0n) is 10.3. The van der Waals surface area contributed by atoms with E-state index in [0.29, 0.717) is 5.56 Å². The fourth-order valence-electron chi connectivity index (χ4n) is 2.54. The third-order valence-electron chi connectivity index (χ3n) is 3.56. The van der Waals surface area contributed by atoms with Crippen molar-refractivity contribution in [3.8, 4) is 0 Å². The first-order valence-corrected chi connectivity index (χ1v) is 6.53. The summed E-state index contributed by atoms with van der Waals surface area (Å²) in [6, 6.07) is 13.8. The van der Waals surface area contributed by atoms with E-state index in [4.69, 9.17) is 4.74 Å². The monoisotopic (exact) mass is 240 g/mol. The number of hydrogen-bond acceptors (Lipinski definition) is 2. The highest BCUT2D eigenvalue weighted by molar-refractivity contribution is 5.95. The molecule has 0 radical (unpaired) electrons. The molecule has 0 heterocycles. The van der Waals surface area contributed by atoms with Crippen LogP contribution in [0.4, 0.5) is 0 Å². The summed E-state index contributed by atoms with van der Waals surface area (Å²) in [7, 11) is 0. The van der Waals surface area contributed by atoms with E-state index in [9.17, 15) is 4.79 Å². The van der Waals surface area contributed by atoms with Crippen LogP contribution in [-0.4, -0.2) is 12.1 Å². The Labute approximate surface area is 107 Å². The Bertz CT molecular complexity index is 568. The van der Waals surface area contributed by atoms with Crippen LogP contribution in [0.25, 0.3) is 10.8 Å². The average Bonchev–Trinajstić information content (AvgIpc) is 2.91. The van der Waals surface area contributed by atoms with Crippen molar-refractivity contribution < 1.29 is 9.53 Å². The van der Waals surface area contributed by atoms with Crippen molar-refractivity contribution in [2.45, 2.75) is 31.8 Å². The van der Waals surface area contributed by atoms with Gasteiger partial charge < -0.3 is 4.74 Å². The van der Waals surface area contributed by atoms with Crippen molar-refractivity contribution in [3.63, 3.8) is 0 Å². The molecule has 2 nitrogen and oxygen atoms in total. The van der Waals surface area contributed by atoms with Crippen molar-refractivity contribution in [3.05, 3.63) is 48.0 Å². The van der Waals surface area contributed by atoms with Crippen LogP contribution in [-0.2, 0) is 4.74 Å². The number of benzene rings is 2. The third-order valence-corrected chi connectivity index (χ3v) is 3.56. The molecule has 1 aliphatic carbocycles. The van der Waals surface area contributed by atoms with Crippen LogP contribution < -0.4 is 0 Å². The van der Waals surface area contributed by atoms with E-state index in [0.717, 1.165) is 23.6 Å². The second-order valence-electron chi connectivity index (χ2n) is 4.87. The van der Waals surface area contributed by atoms with E-state index in [1.807, 2.05) is 42.5 Å². The summed E-state index contributed by atoms with van der Waals surface area (Å²) < 4.78 is 5.51. The molecule has 92 valence electrons. The highest BCUT2D eigenvalue weighted by Crippen LogP contribution is 2.23. The molecule has 1 fully saturated rings. The number of esters is 1. The first-order valence-electron chi connectivity index (χ1n) is 6.53. The van der Waals surface area contributed by atoms with Crippen LogP contribution in [0, 0.1) is 0 Å². The molecular formula is C16H16O2. The van der Waals surface area contributed by atoms with Crippen molar-refractivity contribution in [2.24, 2.45) is 0 Å². The fourth-order valence-corrected chi connectivity index (χ4v) is 2.54. The number of carbonyl (C=O) groups excluding carboxylic acids is 1. The van der Waals surface area contributed by atoms with Gasteiger partial charge in [-0.15, -0.1) is 0 Å². The van der Waals surface area contributed by atoms with Crippen molar-refractivity contribution in [2.75, 3.05) is 0 Å². The van der Waals surface area contributed by atoms with Crippen LogP contribution in [0.15, 0.2) is 42.5 Å². The molecule has 0 amide bonds. The summed E-state index contributed by atoms with van der Waals surface area (Å²) in [5, 5.41) is 2.23. The van der Waals surface area contributed by atoms with E-state index in [2.05, 4.69) is 0 Å². The molecule has 1 saturated carbocycles. The number of rotatable bonds is 2. The molecular weight excluding hydrogens is 224 g/mol. The molecule has 0 spiro atoms. The molecule has 2 heteroatoms. The lowest BCUT2D eigenvalue weighted by Crippen LogP contribution is -2.14. The summed E-state index contributed by atoms with van der Waals surface area (Å²) in [6.07, 6.45) is 4.51. The second kappa shape index (κ2) is 4.81. The second-order valence-corrected chi connectivity index (χ2v) is 4.87. The van der Waals surface area contributed by atoms with Crippen LogP contribution >= 0.6 is 0 Å². The maximum atomic E-state index is 12.0. The number of carbonyl (C=O) groups is 1. The summed E-state index contributed by atoms with van der Waals surface area (Å²) in [4.78, 5) is 12.0. The highest BCUT2D eigenvalue weighted by atomic mass is 16.5. The summed E-state index contributed by atoms with van der Waals surface area (Å²) in [5.41, 5.74) is 0.653. The largest absolute Gasteiger partial charge is 0.459 e. The van der Waals surface area contributed by atoms with Crippen molar-refractivity contribution in [1.82, 2.24) is 0 Å². The zero-order chi connectivity index (χ0) is 12.4. The predicted molar refractivity (Wildman–Crippen MR) is 71.6 cm³/mol. The van der Waals surface area contributed by atoms with Gasteiger partial charge in [-0.2, -0.15) is 0 Å². The molecule has 2 aromatic carbocycles. The molecule has 3 rings (SSSR count). The Morgan fingerprint density at radius 3 is 2.50 bits per heavy atom. The van der Waals surface area contributed by atoms with Gasteiger partial charge in [-0.05, 0) is 48.6 Å². The number of hydrogen-bond donors (Lipinski definition) is 0. The van der Waals surface area contributed by atoms with Crippen LogP contribution in [0.1, 0.15) is 36.0 Å². The Kier molecular flexibility index (Phi) is 3.01. The summed E-state index contributed by atoms with van der Waals surface area (Å²) >= 11 is 0. The normalized spacial score (nSPS) is 16.0. The maximum absolute atomic E-state index is 12.0. The van der Waals surface area contributed by atoms with Crippen LogP contribution in [0.3, 0.4) is 0 Å². The topological polar surface area (TPSA) is 26.3 Å². The van der Waals surface area contributed by atoms with Gasteiger partial charge in [0.1, 0.15) is 6.10 Å². The summed E-state index contributed by atoms with van der Waals surface area (Å²) in [5.74, 6) is -0.187. The Hall–Kier alpha value is -1.83. The minimum absolute atomic E-state index is 0.129. The maximum Gasteiger partial charge on any atom is 0.338 e. The predicted octanol–water partition coefficient (Wildman–Crippen LogP) is 3.94. The van der Waals surface area contributed by atoms with E-state index >= 15 is 0 Å². The van der Waals surface area contributed by atoms with Gasteiger partial charge in [-0.1, -0.05) is 30.3 Å². The van der Waals surface area contributed by atoms with E-state index in [-0.39, 0.29) is 12.1 Å². The SMILES string of the molecule is O=C(OC1CCCC1)c1ccc2ccccc2c1. The van der Waals surface area contributed by atoms with Gasteiger partial charge in [0.15, 0.2) is 0 Å². The standard InChI is InChI=1S/C16H16O2/c17-16(18-15-7-3-4-8-15)14-10-9-12-5-1-2-6-13(12)11-14/h1-2,5-6,9-11,15H,3-4,7-8H2. The Morgan fingerprint density at radius 2 is 1.72 bits per heavy atom. The van der Waals surface area contributed by atoms with Crippen molar-refractivity contribution in [1.29, 1.82) is 0 Å². The lowest BCUT2D eigenvalue weighted by molar-refractivity contribution is 0.0318. The molecule has 0 bridgehead atoms. The lowest BCUT2D eigenvalue weighted by Gasteiger charge is -2.11. The number of ether oxygens (including phenoxy) is 1. The molecule has 0 aliphatic heterocycles. The molecule has 1 aliphatic rings. The van der Waals surface area contributed by atoms with Gasteiger partial charge >= 0.3 is 5.97 Å². The van der Waals surface area contributed by atoms with Gasteiger partial charge in [0.05, 0.1) is 5.56 Å². The molecule has 0 saturated heterocycles. The number of fused-ring (bicyclic) bond motifs is 1. The van der Waals surface area contributed by atoms with Crippen molar-refractivity contribution >= 4 is 16.7 Å². The molecule has 0 N–H and O–H groups in total. The Balaban J connectivity index is 1.82. The third kappa shape index (κ3) is 2.23. The quantitative estimate of drug-likeness (QED) is 0.743. The molecule has 2 aromatic rings. The van der Waals surface area contributed by atoms with Crippen LogP contribution in [0.5, 0.6) is 0 Å². The summed E-state index contributed by atoms with van der Waals surface area (Å²) in [6.45, 7) is 0. The zero-order valence-corrected chi connectivity index (χ0v) is 10.3. The molecule has 0 aromatic heterocycles. The van der Waals surface area contributed by atoms with Gasteiger partial charge in [-0.3, -0.25) is 0 Å². The first kappa shape index (κ1) is 11.3. The minimum Gasteiger partial charge on any atom is -0.459 e. The fraction of sp³-hybridized carbons (Fsp3) is 0.312. The van der Waals surface area contributed by atoms with E-state index < -0.39 is 0 Å². The smallest absolute Gasteiger partial charge is 0.338 e. The van der Waals surface area contributed by atoms with E-state index in [1.165, 1.54) is 12.8 Å². The molecule has 18 heavy (non-hydrogen) atoms. The van der Waals surface area contributed by atoms with Gasteiger partial charge in [0.25, 0.3) is 0 Å². The highest BCUT2D eigenvalue weighted by Gasteiger charge is 2.20.